The average molecular weight is 389 g/mol. The molecule has 1 saturated heterocycles. The smallest absolute Gasteiger partial charge is 0.337 e. The molecule has 1 N–H and O–H groups in total. The molecule has 1 aliphatic heterocycles. The fourth-order valence-electron chi connectivity index (χ4n) is 2.65. The number of hydrogen-bond donors (Lipinski definition) is 1. The average Bonchev–Trinajstić information content (AvgIpc) is 2.69. The molecule has 0 radical (unpaired) electrons. The second-order valence-electron chi connectivity index (χ2n) is 5.37. The number of anilines is 1. The molecule has 0 aliphatic carbocycles. The van der Waals surface area contributed by atoms with Crippen LogP contribution in [-0.4, -0.2) is 51.6 Å². The van der Waals surface area contributed by atoms with Crippen molar-refractivity contribution in [3.05, 3.63) is 53.9 Å². The summed E-state index contributed by atoms with van der Waals surface area (Å²) in [5, 5.41) is 0. The number of benzene rings is 1. The molecule has 1 aromatic heterocycles. The molecule has 26 heavy (non-hydrogen) atoms. The van der Waals surface area contributed by atoms with Crippen molar-refractivity contribution in [2.75, 3.05) is 31.1 Å². The van der Waals surface area contributed by atoms with Gasteiger partial charge in [0.15, 0.2) is 0 Å². The first kappa shape index (κ1) is 19.9. The van der Waals surface area contributed by atoms with Gasteiger partial charge in [-0.25, -0.2) is 9.97 Å². The highest BCUT2D eigenvalue weighted by atomic mass is 35.5. The van der Waals surface area contributed by atoms with E-state index in [1.54, 1.807) is 18.5 Å². The molecular weight excluding hydrogens is 373 g/mol. The number of halogens is 4. The number of carbonyl (C=O) groups excluding carboxylic acids is 1. The van der Waals surface area contributed by atoms with Crippen molar-refractivity contribution in [2.45, 2.75) is 6.18 Å². The molecule has 0 unspecified atom stereocenters. The quantitative estimate of drug-likeness (QED) is 0.856. The van der Waals surface area contributed by atoms with Gasteiger partial charge in [0.05, 0.1) is 23.0 Å². The van der Waals surface area contributed by atoms with E-state index >= 15 is 0 Å². The standard InChI is InChI=1S/C16H15F3N4O.ClHO/c17-16(18,19)13-5-2-1-4-12(13)14(24)22-8-10-23(11-9-22)15-20-6-3-7-21-15;1-2/h1-7H,8-11H2;2H. The molecule has 2 heterocycles. The molecular formula is C16H16ClF3N4O2. The van der Waals surface area contributed by atoms with E-state index in [0.29, 0.717) is 32.1 Å². The van der Waals surface area contributed by atoms with Crippen molar-refractivity contribution >= 4 is 23.7 Å². The Morgan fingerprint density at radius 1 is 1.00 bits per heavy atom. The van der Waals surface area contributed by atoms with Crippen LogP contribution in [0.25, 0.3) is 0 Å². The van der Waals surface area contributed by atoms with Crippen molar-refractivity contribution in [1.29, 1.82) is 0 Å². The van der Waals surface area contributed by atoms with E-state index in [1.165, 1.54) is 23.1 Å². The predicted molar refractivity (Wildman–Crippen MR) is 89.7 cm³/mol. The lowest BCUT2D eigenvalue weighted by Gasteiger charge is -2.35. The minimum absolute atomic E-state index is 0.311. The first-order valence-corrected chi connectivity index (χ1v) is 7.95. The fourth-order valence-corrected chi connectivity index (χ4v) is 2.65. The molecule has 10 heteroatoms. The maximum absolute atomic E-state index is 13.1. The van der Waals surface area contributed by atoms with Gasteiger partial charge >= 0.3 is 6.18 Å². The number of hydrogen-bond acceptors (Lipinski definition) is 5. The van der Waals surface area contributed by atoms with Crippen LogP contribution in [0.3, 0.4) is 0 Å². The molecule has 0 atom stereocenters. The minimum Gasteiger partial charge on any atom is -0.337 e. The topological polar surface area (TPSA) is 69.6 Å². The number of aromatic nitrogens is 2. The third-order valence-electron chi connectivity index (χ3n) is 3.86. The lowest BCUT2D eigenvalue weighted by Crippen LogP contribution is -2.49. The number of piperazine rings is 1. The van der Waals surface area contributed by atoms with Crippen molar-refractivity contribution in [3.63, 3.8) is 0 Å². The van der Waals surface area contributed by atoms with Crippen LogP contribution in [0.1, 0.15) is 15.9 Å². The van der Waals surface area contributed by atoms with Crippen LogP contribution in [0.4, 0.5) is 19.1 Å². The molecule has 1 aliphatic rings. The van der Waals surface area contributed by atoms with E-state index in [-0.39, 0.29) is 5.56 Å². The fraction of sp³-hybridized carbons (Fsp3) is 0.312. The number of nitrogens with zero attached hydrogens (tertiary/aromatic N) is 4. The van der Waals surface area contributed by atoms with Crippen molar-refractivity contribution < 1.29 is 22.6 Å². The molecule has 0 saturated carbocycles. The largest absolute Gasteiger partial charge is 0.417 e. The Morgan fingerprint density at radius 3 is 2.15 bits per heavy atom. The van der Waals surface area contributed by atoms with Crippen LogP contribution in [-0.2, 0) is 6.18 Å². The van der Waals surface area contributed by atoms with Crippen LogP contribution in [0, 0.1) is 0 Å². The third kappa shape index (κ3) is 4.61. The summed E-state index contributed by atoms with van der Waals surface area (Å²) in [6.07, 6.45) is -1.30. The highest BCUT2D eigenvalue weighted by Crippen LogP contribution is 2.32. The van der Waals surface area contributed by atoms with Gasteiger partial charge in [0.1, 0.15) is 0 Å². The van der Waals surface area contributed by atoms with E-state index in [0.717, 1.165) is 6.07 Å². The summed E-state index contributed by atoms with van der Waals surface area (Å²) in [5.41, 5.74) is -1.21. The van der Waals surface area contributed by atoms with E-state index in [1.807, 2.05) is 4.90 Å². The van der Waals surface area contributed by atoms with Crippen LogP contribution >= 0.6 is 11.9 Å². The summed E-state index contributed by atoms with van der Waals surface area (Å²) in [6.45, 7) is 1.60. The van der Waals surface area contributed by atoms with E-state index in [4.69, 9.17) is 4.66 Å². The van der Waals surface area contributed by atoms with Crippen LogP contribution in [0.5, 0.6) is 0 Å². The first-order chi connectivity index (χ1) is 12.5. The Hall–Kier alpha value is -2.39. The third-order valence-corrected chi connectivity index (χ3v) is 3.86. The van der Waals surface area contributed by atoms with E-state index < -0.39 is 17.6 Å². The molecule has 1 fully saturated rings. The SMILES string of the molecule is O=C(c1ccccc1C(F)(F)F)N1CCN(c2ncccn2)CC1.OCl. The molecule has 1 amide bonds. The monoisotopic (exact) mass is 388 g/mol. The van der Waals surface area contributed by atoms with E-state index in [2.05, 4.69) is 21.8 Å². The second kappa shape index (κ2) is 8.81. The maximum atomic E-state index is 13.1. The van der Waals surface area contributed by atoms with Gasteiger partial charge in [0.2, 0.25) is 5.95 Å². The molecule has 2 aromatic rings. The summed E-state index contributed by atoms with van der Waals surface area (Å²) in [4.78, 5) is 24.1. The van der Waals surface area contributed by atoms with Gasteiger partial charge in [0, 0.05) is 38.6 Å². The molecule has 3 rings (SSSR count). The molecule has 0 bridgehead atoms. The molecule has 6 nitrogen and oxygen atoms in total. The number of amides is 1. The summed E-state index contributed by atoms with van der Waals surface area (Å²) < 4.78 is 45.7. The Labute approximate surface area is 153 Å². The summed E-state index contributed by atoms with van der Waals surface area (Å²) >= 11 is 3.64. The Balaban J connectivity index is 0.00000117. The van der Waals surface area contributed by atoms with Crippen molar-refractivity contribution in [2.24, 2.45) is 0 Å². The summed E-state index contributed by atoms with van der Waals surface area (Å²) in [6, 6.07) is 6.58. The second-order valence-corrected chi connectivity index (χ2v) is 5.37. The van der Waals surface area contributed by atoms with Crippen LogP contribution in [0.2, 0.25) is 0 Å². The van der Waals surface area contributed by atoms with Gasteiger partial charge in [-0.1, -0.05) is 12.1 Å². The zero-order valence-electron chi connectivity index (χ0n) is 13.5. The van der Waals surface area contributed by atoms with Gasteiger partial charge in [-0.05, 0) is 18.2 Å². The Bertz CT molecular complexity index is 723. The van der Waals surface area contributed by atoms with Gasteiger partial charge in [-0.15, -0.1) is 0 Å². The zero-order valence-corrected chi connectivity index (χ0v) is 14.3. The number of carbonyl (C=O) groups is 1. The molecule has 0 spiro atoms. The Kier molecular flexibility index (Phi) is 6.76. The summed E-state index contributed by atoms with van der Waals surface area (Å²) in [5.74, 6) is -0.0446. The van der Waals surface area contributed by atoms with Gasteiger partial charge in [-0.2, -0.15) is 13.2 Å². The summed E-state index contributed by atoms with van der Waals surface area (Å²) in [7, 11) is 0. The molecule has 1 aromatic carbocycles. The molecule has 140 valence electrons. The van der Waals surface area contributed by atoms with Gasteiger partial charge < -0.3 is 9.80 Å². The van der Waals surface area contributed by atoms with Crippen LogP contribution in [0.15, 0.2) is 42.7 Å². The number of alkyl halides is 3. The van der Waals surface area contributed by atoms with Crippen molar-refractivity contribution in [3.8, 4) is 0 Å². The van der Waals surface area contributed by atoms with Crippen LogP contribution < -0.4 is 4.90 Å². The Morgan fingerprint density at radius 2 is 1.58 bits per heavy atom. The highest BCUT2D eigenvalue weighted by molar-refractivity contribution is 6.04. The number of rotatable bonds is 2. The van der Waals surface area contributed by atoms with Gasteiger partial charge in [-0.3, -0.25) is 9.45 Å². The minimum atomic E-state index is -4.55. The highest BCUT2D eigenvalue weighted by Gasteiger charge is 2.36. The predicted octanol–water partition coefficient (Wildman–Crippen LogP) is 2.59. The van der Waals surface area contributed by atoms with Crippen molar-refractivity contribution in [1.82, 2.24) is 14.9 Å². The lowest BCUT2D eigenvalue weighted by molar-refractivity contribution is -0.138. The van der Waals surface area contributed by atoms with E-state index in [9.17, 15) is 18.0 Å². The maximum Gasteiger partial charge on any atom is 0.417 e. The lowest BCUT2D eigenvalue weighted by atomic mass is 10.1. The van der Waals surface area contributed by atoms with Gasteiger partial charge in [0.25, 0.3) is 5.91 Å². The normalized spacial score (nSPS) is 14.5. The first-order valence-electron chi connectivity index (χ1n) is 7.61. The zero-order chi connectivity index (χ0) is 19.2.